The number of carbonyl (C=O) groups is 1. The van der Waals surface area contributed by atoms with E-state index < -0.39 is 0 Å². The van der Waals surface area contributed by atoms with Crippen molar-refractivity contribution < 1.29 is 4.79 Å². The fourth-order valence-electron chi connectivity index (χ4n) is 2.88. The number of likely N-dealkylation sites (tertiary alicyclic amines) is 1. The summed E-state index contributed by atoms with van der Waals surface area (Å²) in [5, 5.41) is 9.14. The molecule has 3 heterocycles. The Balaban J connectivity index is 1.58. The first kappa shape index (κ1) is 16.0. The molecule has 25 heavy (non-hydrogen) atoms. The van der Waals surface area contributed by atoms with Crippen molar-refractivity contribution in [2.45, 2.75) is 24.8 Å². The van der Waals surface area contributed by atoms with Crippen LogP contribution >= 0.6 is 11.8 Å². The molecule has 0 N–H and O–H groups in total. The second-order valence-corrected chi connectivity index (χ2v) is 7.03. The number of thioether (sulfide) groups is 1. The lowest BCUT2D eigenvalue weighted by Crippen LogP contribution is -2.29. The average molecular weight is 354 g/mol. The molecule has 1 aliphatic rings. The third-order valence-electron chi connectivity index (χ3n) is 4.27. The highest BCUT2D eigenvalue weighted by molar-refractivity contribution is 8.00. The summed E-state index contributed by atoms with van der Waals surface area (Å²) in [7, 11) is 0. The molecule has 4 rings (SSSR count). The molecule has 0 saturated carbocycles. The maximum atomic E-state index is 12.2. The normalized spacial score (nSPS) is 14.4. The molecule has 8 heteroatoms. The van der Waals surface area contributed by atoms with Gasteiger partial charge >= 0.3 is 0 Å². The van der Waals surface area contributed by atoms with Crippen molar-refractivity contribution in [2.24, 2.45) is 0 Å². The van der Waals surface area contributed by atoms with Gasteiger partial charge in [-0.1, -0.05) is 34.7 Å². The first-order valence-corrected chi connectivity index (χ1v) is 9.25. The fraction of sp³-hybridized carbons (Fsp3) is 0.353. The van der Waals surface area contributed by atoms with Gasteiger partial charge in [-0.15, -0.1) is 5.10 Å². The van der Waals surface area contributed by atoms with Gasteiger partial charge in [0.25, 0.3) is 0 Å². The zero-order valence-electron chi connectivity index (χ0n) is 13.9. The molecule has 128 valence electrons. The van der Waals surface area contributed by atoms with Crippen molar-refractivity contribution in [3.05, 3.63) is 36.2 Å². The minimum Gasteiger partial charge on any atom is -0.342 e. The predicted molar refractivity (Wildman–Crippen MR) is 95.7 cm³/mol. The van der Waals surface area contributed by atoms with Gasteiger partial charge in [0.2, 0.25) is 5.91 Å². The van der Waals surface area contributed by atoms with E-state index in [1.165, 1.54) is 23.7 Å². The number of aryl methyl sites for hydroxylation is 1. The molecular formula is C17H18N6OS. The van der Waals surface area contributed by atoms with Crippen LogP contribution in [0.1, 0.15) is 18.4 Å². The van der Waals surface area contributed by atoms with E-state index in [-0.39, 0.29) is 5.91 Å². The van der Waals surface area contributed by atoms with Gasteiger partial charge in [0, 0.05) is 13.1 Å². The van der Waals surface area contributed by atoms with E-state index in [1.54, 1.807) is 4.68 Å². The summed E-state index contributed by atoms with van der Waals surface area (Å²) >= 11 is 1.40. The summed E-state index contributed by atoms with van der Waals surface area (Å²) in [4.78, 5) is 22.8. The summed E-state index contributed by atoms with van der Waals surface area (Å²) in [6, 6.07) is 8.01. The van der Waals surface area contributed by atoms with Crippen molar-refractivity contribution in [1.82, 2.24) is 29.9 Å². The molecule has 0 unspecified atom stereocenters. The second kappa shape index (κ2) is 6.79. The quantitative estimate of drug-likeness (QED) is 0.528. The molecule has 0 spiro atoms. The van der Waals surface area contributed by atoms with Crippen molar-refractivity contribution >= 4 is 28.8 Å². The van der Waals surface area contributed by atoms with Crippen LogP contribution in [-0.4, -0.2) is 54.6 Å². The number of hydrogen-bond donors (Lipinski definition) is 0. The van der Waals surface area contributed by atoms with Crippen LogP contribution in [-0.2, 0) is 4.79 Å². The topological polar surface area (TPSA) is 76.8 Å². The number of carbonyl (C=O) groups excluding carboxylic acids is 1. The highest BCUT2D eigenvalue weighted by atomic mass is 32.2. The molecule has 2 aromatic heterocycles. The van der Waals surface area contributed by atoms with Gasteiger partial charge < -0.3 is 4.90 Å². The van der Waals surface area contributed by atoms with Crippen molar-refractivity contribution in [2.75, 3.05) is 18.8 Å². The van der Waals surface area contributed by atoms with Crippen LogP contribution in [0, 0.1) is 6.92 Å². The van der Waals surface area contributed by atoms with Crippen LogP contribution in [0.25, 0.3) is 16.9 Å². The van der Waals surface area contributed by atoms with E-state index in [0.717, 1.165) is 31.6 Å². The van der Waals surface area contributed by atoms with Crippen molar-refractivity contribution in [3.8, 4) is 5.69 Å². The lowest BCUT2D eigenvalue weighted by molar-refractivity contribution is -0.127. The number of benzene rings is 1. The molecule has 1 aliphatic heterocycles. The number of amides is 1. The lowest BCUT2D eigenvalue weighted by Gasteiger charge is -2.14. The minimum atomic E-state index is 0.153. The Labute approximate surface area is 149 Å². The molecular weight excluding hydrogens is 336 g/mol. The van der Waals surface area contributed by atoms with Gasteiger partial charge in [0.05, 0.1) is 11.4 Å². The summed E-state index contributed by atoms with van der Waals surface area (Å²) in [6.45, 7) is 3.77. The molecule has 1 fully saturated rings. The van der Waals surface area contributed by atoms with Gasteiger partial charge in [0.1, 0.15) is 11.4 Å². The largest absolute Gasteiger partial charge is 0.342 e. The molecule has 1 aromatic carbocycles. The van der Waals surface area contributed by atoms with Gasteiger partial charge in [-0.25, -0.2) is 9.97 Å². The number of fused-ring (bicyclic) bond motifs is 1. The highest BCUT2D eigenvalue weighted by Crippen LogP contribution is 2.24. The molecule has 0 aliphatic carbocycles. The van der Waals surface area contributed by atoms with Crippen molar-refractivity contribution in [3.63, 3.8) is 0 Å². The molecule has 3 aromatic rings. The zero-order valence-corrected chi connectivity index (χ0v) is 14.7. The zero-order chi connectivity index (χ0) is 17.2. The smallest absolute Gasteiger partial charge is 0.232 e. The number of hydrogen-bond acceptors (Lipinski definition) is 6. The van der Waals surface area contributed by atoms with Gasteiger partial charge in [0.15, 0.2) is 11.2 Å². The summed E-state index contributed by atoms with van der Waals surface area (Å²) in [6.07, 6.45) is 3.69. The van der Waals surface area contributed by atoms with E-state index >= 15 is 0 Å². The molecule has 7 nitrogen and oxygen atoms in total. The SMILES string of the molecule is Cc1ccc(-n2nnc3c(SCC(=O)N4CCCC4)ncnc32)cc1. The Morgan fingerprint density at radius 2 is 1.92 bits per heavy atom. The molecule has 1 saturated heterocycles. The third kappa shape index (κ3) is 3.21. The van der Waals surface area contributed by atoms with E-state index in [0.29, 0.717) is 21.9 Å². The summed E-state index contributed by atoms with van der Waals surface area (Å²) in [5.41, 5.74) is 3.35. The van der Waals surface area contributed by atoms with E-state index in [4.69, 9.17) is 0 Å². The predicted octanol–water partition coefficient (Wildman–Crippen LogP) is 2.23. The first-order valence-electron chi connectivity index (χ1n) is 8.26. The van der Waals surface area contributed by atoms with Gasteiger partial charge in [-0.2, -0.15) is 4.68 Å². The Bertz CT molecular complexity index is 901. The Kier molecular flexibility index (Phi) is 4.35. The maximum Gasteiger partial charge on any atom is 0.232 e. The Morgan fingerprint density at radius 3 is 2.68 bits per heavy atom. The first-order chi connectivity index (χ1) is 12.2. The lowest BCUT2D eigenvalue weighted by atomic mass is 10.2. The van der Waals surface area contributed by atoms with Gasteiger partial charge in [-0.3, -0.25) is 4.79 Å². The molecule has 0 bridgehead atoms. The number of aromatic nitrogens is 5. The average Bonchev–Trinajstić information content (AvgIpc) is 3.30. The van der Waals surface area contributed by atoms with Crippen LogP contribution in [0.2, 0.25) is 0 Å². The highest BCUT2D eigenvalue weighted by Gasteiger charge is 2.19. The van der Waals surface area contributed by atoms with Crippen LogP contribution in [0.15, 0.2) is 35.6 Å². The molecule has 1 amide bonds. The summed E-state index contributed by atoms with van der Waals surface area (Å²) < 4.78 is 1.70. The Morgan fingerprint density at radius 1 is 1.16 bits per heavy atom. The monoisotopic (exact) mass is 354 g/mol. The van der Waals surface area contributed by atoms with Crippen LogP contribution in [0.4, 0.5) is 0 Å². The van der Waals surface area contributed by atoms with Crippen LogP contribution < -0.4 is 0 Å². The molecule has 0 radical (unpaired) electrons. The minimum absolute atomic E-state index is 0.153. The van der Waals surface area contributed by atoms with Crippen LogP contribution in [0.5, 0.6) is 0 Å². The van der Waals surface area contributed by atoms with Crippen molar-refractivity contribution in [1.29, 1.82) is 0 Å². The van der Waals surface area contributed by atoms with E-state index in [9.17, 15) is 4.79 Å². The number of nitrogens with zero attached hydrogens (tertiary/aromatic N) is 6. The van der Waals surface area contributed by atoms with Gasteiger partial charge in [-0.05, 0) is 31.9 Å². The van der Waals surface area contributed by atoms with Crippen LogP contribution in [0.3, 0.4) is 0 Å². The molecule has 0 atom stereocenters. The van der Waals surface area contributed by atoms with E-state index in [2.05, 4.69) is 20.3 Å². The number of rotatable bonds is 4. The van der Waals surface area contributed by atoms with E-state index in [1.807, 2.05) is 36.1 Å². The second-order valence-electron chi connectivity index (χ2n) is 6.06. The maximum absolute atomic E-state index is 12.2. The standard InChI is InChI=1S/C17H18N6OS/c1-12-4-6-13(7-5-12)23-16-15(20-21-23)17(19-11-18-16)25-10-14(24)22-8-2-3-9-22/h4-7,11H,2-3,8-10H2,1H3. The fourth-order valence-corrected chi connectivity index (χ4v) is 3.71. The Hall–Kier alpha value is -2.48. The third-order valence-corrected chi connectivity index (χ3v) is 5.24. The summed E-state index contributed by atoms with van der Waals surface area (Å²) in [5.74, 6) is 0.518.